The number of rotatable bonds is 2. The maximum absolute atomic E-state index is 12.2. The smallest absolute Gasteiger partial charge is 0.264 e. The number of aliphatic imine (C=N–C) groups is 1. The Morgan fingerprint density at radius 1 is 1.21 bits per heavy atom. The lowest BCUT2D eigenvalue weighted by molar-refractivity contribution is -0.115. The number of fused-ring (bicyclic) bond motifs is 1. The molecule has 0 spiro atoms. The van der Waals surface area contributed by atoms with E-state index >= 15 is 0 Å². The maximum Gasteiger partial charge on any atom is 0.264 e. The van der Waals surface area contributed by atoms with E-state index < -0.39 is 0 Å². The Morgan fingerprint density at radius 2 is 2.08 bits per heavy atom. The third-order valence-electron chi connectivity index (χ3n) is 3.38. The van der Waals surface area contributed by atoms with Crippen LogP contribution in [0.4, 0.5) is 5.69 Å². The Kier molecular flexibility index (Phi) is 4.10. The Balaban J connectivity index is 1.63. The molecule has 4 nitrogen and oxygen atoms in total. The number of benzene rings is 2. The van der Waals surface area contributed by atoms with Gasteiger partial charge >= 0.3 is 0 Å². The molecule has 1 amide bonds. The minimum atomic E-state index is -0.157. The summed E-state index contributed by atoms with van der Waals surface area (Å²) in [6.45, 7) is 0. The molecule has 3 aromatic rings. The molecule has 0 atom stereocenters. The molecule has 0 unspecified atom stereocenters. The summed E-state index contributed by atoms with van der Waals surface area (Å²) in [6, 6.07) is 13.2. The van der Waals surface area contributed by atoms with E-state index in [4.69, 9.17) is 11.6 Å². The van der Waals surface area contributed by atoms with Crippen molar-refractivity contribution in [3.63, 3.8) is 0 Å². The second-order valence-electron chi connectivity index (χ2n) is 5.01. The molecule has 1 fully saturated rings. The van der Waals surface area contributed by atoms with Gasteiger partial charge in [-0.05, 0) is 47.7 Å². The molecule has 1 aromatic heterocycles. The van der Waals surface area contributed by atoms with Crippen molar-refractivity contribution in [1.82, 2.24) is 10.3 Å². The van der Waals surface area contributed by atoms with E-state index in [1.54, 1.807) is 17.4 Å². The number of halogens is 1. The highest BCUT2D eigenvalue weighted by Crippen LogP contribution is 2.31. The van der Waals surface area contributed by atoms with Gasteiger partial charge in [-0.25, -0.2) is 9.98 Å². The highest BCUT2D eigenvalue weighted by atomic mass is 35.5. The van der Waals surface area contributed by atoms with Gasteiger partial charge in [-0.3, -0.25) is 4.79 Å². The van der Waals surface area contributed by atoms with Crippen molar-refractivity contribution >= 4 is 67.8 Å². The zero-order valence-electron chi connectivity index (χ0n) is 12.2. The zero-order chi connectivity index (χ0) is 16.5. The molecule has 4 rings (SSSR count). The molecular formula is C17H10ClN3OS2. The molecule has 0 saturated carbocycles. The van der Waals surface area contributed by atoms with E-state index in [0.717, 1.165) is 15.8 Å². The normalized spacial score (nSPS) is 17.8. The number of para-hydroxylation sites is 1. The molecule has 24 heavy (non-hydrogen) atoms. The summed E-state index contributed by atoms with van der Waals surface area (Å²) in [6.07, 6.45) is 1.86. The molecule has 0 bridgehead atoms. The number of carbonyl (C=O) groups excluding carboxylic acids is 1. The highest BCUT2D eigenvalue weighted by molar-refractivity contribution is 8.18. The van der Waals surface area contributed by atoms with Crippen LogP contribution in [0.5, 0.6) is 0 Å². The van der Waals surface area contributed by atoms with Crippen LogP contribution in [-0.2, 0) is 4.79 Å². The first-order valence-corrected chi connectivity index (χ1v) is 9.14. The lowest BCUT2D eigenvalue weighted by atomic mass is 10.2. The largest absolute Gasteiger partial charge is 0.300 e. The summed E-state index contributed by atoms with van der Waals surface area (Å²) < 4.78 is 1.10. The molecule has 118 valence electrons. The first-order valence-electron chi connectivity index (χ1n) is 7.06. The fourth-order valence-electron chi connectivity index (χ4n) is 2.25. The monoisotopic (exact) mass is 371 g/mol. The van der Waals surface area contributed by atoms with Crippen LogP contribution in [0.15, 0.2) is 57.9 Å². The van der Waals surface area contributed by atoms with Crippen molar-refractivity contribution in [2.75, 3.05) is 0 Å². The predicted octanol–water partition coefficient (Wildman–Crippen LogP) is 4.84. The average Bonchev–Trinajstić information content (AvgIpc) is 3.16. The van der Waals surface area contributed by atoms with Crippen molar-refractivity contribution in [1.29, 1.82) is 0 Å². The van der Waals surface area contributed by atoms with E-state index in [0.29, 0.717) is 20.8 Å². The van der Waals surface area contributed by atoms with Crippen molar-refractivity contribution in [2.24, 2.45) is 4.99 Å². The van der Waals surface area contributed by atoms with Crippen molar-refractivity contribution < 1.29 is 4.79 Å². The molecule has 2 aromatic carbocycles. The Morgan fingerprint density at radius 3 is 2.96 bits per heavy atom. The first kappa shape index (κ1) is 15.4. The van der Waals surface area contributed by atoms with Crippen LogP contribution >= 0.6 is 34.7 Å². The molecule has 1 N–H and O–H groups in total. The summed E-state index contributed by atoms with van der Waals surface area (Å²) in [5.41, 5.74) is 4.37. The molecule has 2 heterocycles. The summed E-state index contributed by atoms with van der Waals surface area (Å²) >= 11 is 8.98. The number of aromatic nitrogens is 1. The van der Waals surface area contributed by atoms with E-state index in [2.05, 4.69) is 15.3 Å². The van der Waals surface area contributed by atoms with Gasteiger partial charge in [0.15, 0.2) is 5.17 Å². The van der Waals surface area contributed by atoms with Gasteiger partial charge in [-0.1, -0.05) is 29.8 Å². The van der Waals surface area contributed by atoms with Gasteiger partial charge in [0.2, 0.25) is 0 Å². The van der Waals surface area contributed by atoms with Gasteiger partial charge in [0.25, 0.3) is 5.91 Å². The first-order chi connectivity index (χ1) is 11.7. The fraction of sp³-hybridized carbons (Fsp3) is 0. The molecule has 0 radical (unpaired) electrons. The lowest BCUT2D eigenvalue weighted by Crippen LogP contribution is -2.19. The number of amidine groups is 1. The Labute approximate surface area is 151 Å². The number of carbonyl (C=O) groups is 1. The van der Waals surface area contributed by atoms with Crippen LogP contribution in [0.3, 0.4) is 0 Å². The molecule has 1 saturated heterocycles. The van der Waals surface area contributed by atoms with Crippen LogP contribution in [0, 0.1) is 0 Å². The molecule has 7 heteroatoms. The molecule has 0 aliphatic carbocycles. The fourth-order valence-corrected chi connectivity index (χ4v) is 3.98. The van der Waals surface area contributed by atoms with Crippen molar-refractivity contribution in [3.05, 3.63) is 63.5 Å². The third kappa shape index (κ3) is 3.08. The summed E-state index contributed by atoms with van der Waals surface area (Å²) in [4.78, 5) is 21.4. The highest BCUT2D eigenvalue weighted by Gasteiger charge is 2.24. The zero-order valence-corrected chi connectivity index (χ0v) is 14.6. The van der Waals surface area contributed by atoms with Gasteiger partial charge in [0, 0.05) is 0 Å². The number of hydrogen-bond donors (Lipinski definition) is 1. The second kappa shape index (κ2) is 6.39. The molecule has 1 aliphatic rings. The van der Waals surface area contributed by atoms with Crippen molar-refractivity contribution in [2.45, 2.75) is 0 Å². The van der Waals surface area contributed by atoms with Crippen LogP contribution in [0.2, 0.25) is 5.02 Å². The van der Waals surface area contributed by atoms with E-state index in [1.807, 2.05) is 48.0 Å². The van der Waals surface area contributed by atoms with E-state index in [1.165, 1.54) is 11.8 Å². The van der Waals surface area contributed by atoms with Crippen LogP contribution in [-0.4, -0.2) is 16.1 Å². The second-order valence-corrected chi connectivity index (χ2v) is 7.34. The van der Waals surface area contributed by atoms with Gasteiger partial charge < -0.3 is 5.32 Å². The van der Waals surface area contributed by atoms with Gasteiger partial charge in [0.1, 0.15) is 0 Å². The van der Waals surface area contributed by atoms with Gasteiger partial charge in [-0.15, -0.1) is 11.3 Å². The van der Waals surface area contributed by atoms with Crippen molar-refractivity contribution in [3.8, 4) is 0 Å². The number of amides is 1. The molecular weight excluding hydrogens is 362 g/mol. The Hall–Kier alpha value is -2.15. The standard InChI is InChI=1S/C17H10ClN3OS2/c18-11-3-1-2-4-12(11)20-17-21-16(22)15(24-17)8-10-5-6-13-14(7-10)23-9-19-13/h1-9H,(H,20,21,22). The number of thiazole rings is 1. The van der Waals surface area contributed by atoms with Crippen LogP contribution < -0.4 is 5.32 Å². The minimum absolute atomic E-state index is 0.157. The van der Waals surface area contributed by atoms with E-state index in [9.17, 15) is 4.79 Å². The number of nitrogens with one attached hydrogen (secondary N) is 1. The topological polar surface area (TPSA) is 54.4 Å². The lowest BCUT2D eigenvalue weighted by Gasteiger charge is -1.98. The number of hydrogen-bond acceptors (Lipinski definition) is 5. The van der Waals surface area contributed by atoms with Crippen LogP contribution in [0.25, 0.3) is 16.3 Å². The summed E-state index contributed by atoms with van der Waals surface area (Å²) in [5, 5.41) is 3.84. The minimum Gasteiger partial charge on any atom is -0.300 e. The quantitative estimate of drug-likeness (QED) is 0.655. The average molecular weight is 372 g/mol. The van der Waals surface area contributed by atoms with E-state index in [-0.39, 0.29) is 5.91 Å². The summed E-state index contributed by atoms with van der Waals surface area (Å²) in [7, 11) is 0. The van der Waals surface area contributed by atoms with Crippen LogP contribution in [0.1, 0.15) is 5.56 Å². The van der Waals surface area contributed by atoms with Gasteiger partial charge in [0.05, 0.1) is 31.3 Å². The third-order valence-corrected chi connectivity index (χ3v) is 5.40. The molecule has 1 aliphatic heterocycles. The van der Waals surface area contributed by atoms with Gasteiger partial charge in [-0.2, -0.15) is 0 Å². The summed E-state index contributed by atoms with van der Waals surface area (Å²) in [5.74, 6) is -0.157. The maximum atomic E-state index is 12.2. The number of nitrogens with zero attached hydrogens (tertiary/aromatic N) is 2. The Bertz CT molecular complexity index is 1010. The number of thioether (sulfide) groups is 1. The SMILES string of the molecule is O=C1NC(=Nc2ccccc2Cl)SC1=Cc1ccc2ncsc2c1. The predicted molar refractivity (Wildman–Crippen MR) is 102 cm³/mol.